The molecule has 0 fully saturated rings. The fraction of sp³-hybridized carbons (Fsp3) is 0.333. The molecule has 0 aliphatic rings. The number of benzene rings is 2. The SMILES string of the molecule is CCNCC(OCc1ccc(Br)cc1)c1ccccc1C. The van der Waals surface area contributed by atoms with Crippen LogP contribution in [0.1, 0.15) is 29.7 Å². The van der Waals surface area contributed by atoms with E-state index in [0.29, 0.717) is 6.61 Å². The maximum Gasteiger partial charge on any atom is 0.0956 e. The minimum absolute atomic E-state index is 0.0785. The Morgan fingerprint density at radius 3 is 2.48 bits per heavy atom. The molecule has 0 spiro atoms. The van der Waals surface area contributed by atoms with Crippen molar-refractivity contribution in [3.8, 4) is 0 Å². The summed E-state index contributed by atoms with van der Waals surface area (Å²) in [6.07, 6.45) is 0.0785. The zero-order valence-electron chi connectivity index (χ0n) is 12.6. The summed E-state index contributed by atoms with van der Waals surface area (Å²) in [7, 11) is 0. The second kappa shape index (κ2) is 8.32. The van der Waals surface area contributed by atoms with Gasteiger partial charge >= 0.3 is 0 Å². The van der Waals surface area contributed by atoms with Gasteiger partial charge in [-0.15, -0.1) is 0 Å². The predicted octanol–water partition coefficient (Wildman–Crippen LogP) is 4.62. The summed E-state index contributed by atoms with van der Waals surface area (Å²) in [5.41, 5.74) is 3.72. The lowest BCUT2D eigenvalue weighted by molar-refractivity contribution is 0.0397. The van der Waals surface area contributed by atoms with Gasteiger partial charge in [0.2, 0.25) is 0 Å². The molecule has 21 heavy (non-hydrogen) atoms. The Morgan fingerprint density at radius 1 is 1.10 bits per heavy atom. The Balaban J connectivity index is 2.06. The topological polar surface area (TPSA) is 21.3 Å². The number of hydrogen-bond donors (Lipinski definition) is 1. The van der Waals surface area contributed by atoms with Crippen molar-refractivity contribution in [1.29, 1.82) is 0 Å². The van der Waals surface area contributed by atoms with E-state index in [4.69, 9.17) is 4.74 Å². The van der Waals surface area contributed by atoms with E-state index in [9.17, 15) is 0 Å². The van der Waals surface area contributed by atoms with Crippen LogP contribution in [0, 0.1) is 6.92 Å². The van der Waals surface area contributed by atoms with Crippen LogP contribution in [0.5, 0.6) is 0 Å². The van der Waals surface area contributed by atoms with Gasteiger partial charge in [-0.25, -0.2) is 0 Å². The van der Waals surface area contributed by atoms with Crippen molar-refractivity contribution in [2.45, 2.75) is 26.6 Å². The van der Waals surface area contributed by atoms with Gasteiger partial charge < -0.3 is 10.1 Å². The quantitative estimate of drug-likeness (QED) is 0.788. The highest BCUT2D eigenvalue weighted by atomic mass is 79.9. The van der Waals surface area contributed by atoms with Crippen molar-refractivity contribution in [3.63, 3.8) is 0 Å². The summed E-state index contributed by atoms with van der Waals surface area (Å²) >= 11 is 3.46. The Labute approximate surface area is 135 Å². The van der Waals surface area contributed by atoms with Crippen molar-refractivity contribution in [3.05, 3.63) is 69.7 Å². The van der Waals surface area contributed by atoms with E-state index in [1.807, 2.05) is 12.1 Å². The number of hydrogen-bond acceptors (Lipinski definition) is 2. The second-order valence-electron chi connectivity index (χ2n) is 5.09. The normalized spacial score (nSPS) is 12.3. The lowest BCUT2D eigenvalue weighted by atomic mass is 10.0. The van der Waals surface area contributed by atoms with Gasteiger partial charge in [0.1, 0.15) is 0 Å². The van der Waals surface area contributed by atoms with Crippen LogP contribution in [-0.4, -0.2) is 13.1 Å². The number of ether oxygens (including phenoxy) is 1. The molecule has 112 valence electrons. The van der Waals surface area contributed by atoms with Crippen LogP contribution < -0.4 is 5.32 Å². The molecule has 1 N–H and O–H groups in total. The summed E-state index contributed by atoms with van der Waals surface area (Å²) in [5, 5.41) is 3.39. The van der Waals surface area contributed by atoms with Crippen LogP contribution >= 0.6 is 15.9 Å². The minimum atomic E-state index is 0.0785. The average Bonchev–Trinajstić information content (AvgIpc) is 2.50. The van der Waals surface area contributed by atoms with Gasteiger partial charge in [0.25, 0.3) is 0 Å². The fourth-order valence-electron chi connectivity index (χ4n) is 2.26. The first-order valence-electron chi connectivity index (χ1n) is 7.33. The lowest BCUT2D eigenvalue weighted by Crippen LogP contribution is -2.23. The number of nitrogens with one attached hydrogen (secondary N) is 1. The molecule has 0 bridgehead atoms. The molecule has 2 aromatic rings. The van der Waals surface area contributed by atoms with E-state index in [-0.39, 0.29) is 6.10 Å². The van der Waals surface area contributed by atoms with Crippen molar-refractivity contribution < 1.29 is 4.74 Å². The van der Waals surface area contributed by atoms with E-state index >= 15 is 0 Å². The van der Waals surface area contributed by atoms with E-state index in [2.05, 4.69) is 71.5 Å². The van der Waals surface area contributed by atoms with Gasteiger partial charge in [-0.1, -0.05) is 59.3 Å². The van der Waals surface area contributed by atoms with Gasteiger partial charge in [-0.2, -0.15) is 0 Å². The third kappa shape index (κ3) is 4.95. The molecule has 1 atom stereocenters. The summed E-state index contributed by atoms with van der Waals surface area (Å²) in [5.74, 6) is 0. The summed E-state index contributed by atoms with van der Waals surface area (Å²) < 4.78 is 7.25. The molecule has 2 rings (SSSR count). The molecule has 2 nitrogen and oxygen atoms in total. The van der Waals surface area contributed by atoms with Crippen molar-refractivity contribution in [1.82, 2.24) is 5.32 Å². The molecule has 0 radical (unpaired) electrons. The fourth-order valence-corrected chi connectivity index (χ4v) is 2.52. The zero-order chi connectivity index (χ0) is 15.1. The molecular weight excluding hydrogens is 326 g/mol. The first kappa shape index (κ1) is 16.2. The van der Waals surface area contributed by atoms with Crippen LogP contribution in [0.2, 0.25) is 0 Å². The first-order valence-corrected chi connectivity index (χ1v) is 8.12. The molecular formula is C18H22BrNO. The van der Waals surface area contributed by atoms with Gasteiger partial charge in [-0.05, 0) is 42.3 Å². The number of rotatable bonds is 7. The van der Waals surface area contributed by atoms with Crippen molar-refractivity contribution in [2.24, 2.45) is 0 Å². The molecule has 1 unspecified atom stereocenters. The molecule has 0 aliphatic heterocycles. The first-order chi connectivity index (χ1) is 10.2. The number of likely N-dealkylation sites (N-methyl/N-ethyl adjacent to an activating group) is 1. The van der Waals surface area contributed by atoms with E-state index in [0.717, 1.165) is 17.6 Å². The van der Waals surface area contributed by atoms with Gasteiger partial charge in [0.15, 0.2) is 0 Å². The highest BCUT2D eigenvalue weighted by Gasteiger charge is 2.13. The Kier molecular flexibility index (Phi) is 6.43. The predicted molar refractivity (Wildman–Crippen MR) is 91.4 cm³/mol. The third-order valence-corrected chi connectivity index (χ3v) is 4.01. The van der Waals surface area contributed by atoms with Crippen LogP contribution in [0.3, 0.4) is 0 Å². The molecule has 0 heterocycles. The van der Waals surface area contributed by atoms with Crippen LogP contribution in [0.25, 0.3) is 0 Å². The van der Waals surface area contributed by atoms with Gasteiger partial charge in [-0.3, -0.25) is 0 Å². The summed E-state index contributed by atoms with van der Waals surface area (Å²) in [6.45, 7) is 6.65. The van der Waals surface area contributed by atoms with Crippen LogP contribution in [0.15, 0.2) is 53.0 Å². The molecule has 2 aromatic carbocycles. The Morgan fingerprint density at radius 2 is 1.81 bits per heavy atom. The highest BCUT2D eigenvalue weighted by Crippen LogP contribution is 2.22. The molecule has 0 saturated heterocycles. The van der Waals surface area contributed by atoms with Crippen molar-refractivity contribution >= 4 is 15.9 Å². The molecule has 3 heteroatoms. The van der Waals surface area contributed by atoms with E-state index in [1.165, 1.54) is 16.7 Å². The maximum atomic E-state index is 6.16. The summed E-state index contributed by atoms with van der Waals surface area (Å²) in [6, 6.07) is 16.7. The molecule has 0 aromatic heterocycles. The summed E-state index contributed by atoms with van der Waals surface area (Å²) in [4.78, 5) is 0. The average molecular weight is 348 g/mol. The van der Waals surface area contributed by atoms with E-state index < -0.39 is 0 Å². The van der Waals surface area contributed by atoms with Gasteiger partial charge in [0.05, 0.1) is 12.7 Å². The number of aryl methyl sites for hydroxylation is 1. The molecule has 0 saturated carbocycles. The highest BCUT2D eigenvalue weighted by molar-refractivity contribution is 9.10. The lowest BCUT2D eigenvalue weighted by Gasteiger charge is -2.20. The van der Waals surface area contributed by atoms with Gasteiger partial charge in [0, 0.05) is 11.0 Å². The standard InChI is InChI=1S/C18H22BrNO/c1-3-20-12-18(17-7-5-4-6-14(17)2)21-13-15-8-10-16(19)11-9-15/h4-11,18,20H,3,12-13H2,1-2H3. The Bertz CT molecular complexity index is 553. The van der Waals surface area contributed by atoms with E-state index in [1.54, 1.807) is 0 Å². The van der Waals surface area contributed by atoms with Crippen LogP contribution in [0.4, 0.5) is 0 Å². The smallest absolute Gasteiger partial charge is 0.0956 e. The van der Waals surface area contributed by atoms with Crippen molar-refractivity contribution in [2.75, 3.05) is 13.1 Å². The number of halogens is 1. The third-order valence-electron chi connectivity index (χ3n) is 3.48. The molecule has 0 amide bonds. The Hall–Kier alpha value is -1.16. The monoisotopic (exact) mass is 347 g/mol. The molecule has 0 aliphatic carbocycles. The minimum Gasteiger partial charge on any atom is -0.368 e. The van der Waals surface area contributed by atoms with Crippen LogP contribution in [-0.2, 0) is 11.3 Å². The largest absolute Gasteiger partial charge is 0.368 e. The second-order valence-corrected chi connectivity index (χ2v) is 6.01. The zero-order valence-corrected chi connectivity index (χ0v) is 14.2. The maximum absolute atomic E-state index is 6.16.